The molecule has 2 aromatic heterocycles. The number of carbonyl (C=O) groups excluding carboxylic acids is 1. The predicted octanol–water partition coefficient (Wildman–Crippen LogP) is 1.83. The van der Waals surface area contributed by atoms with Gasteiger partial charge >= 0.3 is 0 Å². The average molecular weight is 368 g/mol. The first-order valence-corrected chi connectivity index (χ1v) is 9.38. The highest BCUT2D eigenvalue weighted by Crippen LogP contribution is 2.28. The van der Waals surface area contributed by atoms with Gasteiger partial charge in [0.05, 0.1) is 18.3 Å². The van der Waals surface area contributed by atoms with E-state index in [-0.39, 0.29) is 11.9 Å². The van der Waals surface area contributed by atoms with Crippen LogP contribution in [0.3, 0.4) is 0 Å². The fraction of sp³-hybridized carbons (Fsp3) is 0.500. The lowest BCUT2D eigenvalue weighted by Gasteiger charge is -2.34. The van der Waals surface area contributed by atoms with E-state index < -0.39 is 0 Å². The van der Waals surface area contributed by atoms with Crippen LogP contribution in [0.25, 0.3) is 11.4 Å². The van der Waals surface area contributed by atoms with Gasteiger partial charge in [-0.1, -0.05) is 6.92 Å². The number of nitrogens with zero attached hydrogens (tertiary/aromatic N) is 6. The summed E-state index contributed by atoms with van der Waals surface area (Å²) in [5.74, 6) is 1.72. The Morgan fingerprint density at radius 1 is 1.30 bits per heavy atom. The number of aromatic nitrogens is 3. The fourth-order valence-corrected chi connectivity index (χ4v) is 3.32. The maximum absolute atomic E-state index is 12.9. The van der Waals surface area contributed by atoms with E-state index in [1.165, 1.54) is 0 Å². The molecule has 3 rings (SSSR count). The van der Waals surface area contributed by atoms with Crippen molar-refractivity contribution in [1.82, 2.24) is 24.8 Å². The molecule has 0 fully saturated rings. The van der Waals surface area contributed by atoms with Crippen molar-refractivity contribution in [2.45, 2.75) is 32.9 Å². The van der Waals surface area contributed by atoms with E-state index in [1.54, 1.807) is 12.4 Å². The van der Waals surface area contributed by atoms with Crippen LogP contribution in [0.2, 0.25) is 0 Å². The first-order chi connectivity index (χ1) is 12.9. The quantitative estimate of drug-likeness (QED) is 0.802. The van der Waals surface area contributed by atoms with E-state index in [9.17, 15) is 4.79 Å². The minimum Gasteiger partial charge on any atom is -0.362 e. The summed E-state index contributed by atoms with van der Waals surface area (Å²) in [7, 11) is 5.96. The molecule has 1 aliphatic rings. The summed E-state index contributed by atoms with van der Waals surface area (Å²) < 4.78 is 0. The van der Waals surface area contributed by atoms with E-state index in [1.807, 2.05) is 50.0 Å². The van der Waals surface area contributed by atoms with Gasteiger partial charge in [-0.3, -0.25) is 14.7 Å². The maximum Gasteiger partial charge on any atom is 0.239 e. The Morgan fingerprint density at radius 3 is 2.70 bits per heavy atom. The Bertz CT molecular complexity index is 808. The van der Waals surface area contributed by atoms with Gasteiger partial charge in [0.1, 0.15) is 5.82 Å². The van der Waals surface area contributed by atoms with Gasteiger partial charge in [-0.05, 0) is 39.1 Å². The van der Waals surface area contributed by atoms with Crippen molar-refractivity contribution < 1.29 is 4.79 Å². The summed E-state index contributed by atoms with van der Waals surface area (Å²) in [6.45, 7) is 6.09. The monoisotopic (exact) mass is 368 g/mol. The number of fused-ring (bicyclic) bond motifs is 1. The van der Waals surface area contributed by atoms with Crippen molar-refractivity contribution in [2.75, 3.05) is 39.1 Å². The summed E-state index contributed by atoms with van der Waals surface area (Å²) >= 11 is 0. The molecule has 7 heteroatoms. The summed E-state index contributed by atoms with van der Waals surface area (Å²) in [5.41, 5.74) is 2.94. The van der Waals surface area contributed by atoms with E-state index in [0.717, 1.165) is 35.6 Å². The largest absolute Gasteiger partial charge is 0.362 e. The molecule has 0 aromatic carbocycles. The molecule has 144 valence electrons. The minimum absolute atomic E-state index is 0.135. The molecular formula is C20H28N6O. The van der Waals surface area contributed by atoms with Gasteiger partial charge in [0.25, 0.3) is 0 Å². The van der Waals surface area contributed by atoms with E-state index >= 15 is 0 Å². The zero-order valence-corrected chi connectivity index (χ0v) is 16.8. The van der Waals surface area contributed by atoms with Crippen LogP contribution < -0.4 is 4.90 Å². The summed E-state index contributed by atoms with van der Waals surface area (Å²) in [4.78, 5) is 32.6. The number of amides is 1. The van der Waals surface area contributed by atoms with E-state index in [4.69, 9.17) is 9.97 Å². The standard InChI is InChI=1S/C20H28N6O/c1-6-25(5)14(2)20(27)26-11-9-16-17(13-26)22-18(23-19(16)24(3)4)15-8-7-10-21-12-15/h7-8,10,12,14H,6,9,11,13H2,1-5H3/t14-/m1/s1. The lowest BCUT2D eigenvalue weighted by atomic mass is 10.0. The molecule has 3 heterocycles. The molecule has 0 bridgehead atoms. The first-order valence-electron chi connectivity index (χ1n) is 9.38. The SMILES string of the molecule is CCN(C)[C@H](C)C(=O)N1CCc2c(nc(-c3cccnc3)nc2N(C)C)C1. The molecule has 27 heavy (non-hydrogen) atoms. The van der Waals surface area contributed by atoms with E-state index in [2.05, 4.69) is 16.8 Å². The van der Waals surface area contributed by atoms with Crippen molar-refractivity contribution in [3.63, 3.8) is 0 Å². The van der Waals surface area contributed by atoms with Gasteiger partial charge in [0, 0.05) is 44.2 Å². The molecule has 7 nitrogen and oxygen atoms in total. The highest BCUT2D eigenvalue weighted by atomic mass is 16.2. The molecule has 0 unspecified atom stereocenters. The number of anilines is 1. The summed E-state index contributed by atoms with van der Waals surface area (Å²) in [6, 6.07) is 3.70. The molecule has 2 aromatic rings. The highest BCUT2D eigenvalue weighted by Gasteiger charge is 2.29. The lowest BCUT2D eigenvalue weighted by Crippen LogP contribution is -2.47. The first kappa shape index (κ1) is 19.2. The van der Waals surface area contributed by atoms with Gasteiger partial charge in [-0.15, -0.1) is 0 Å². The maximum atomic E-state index is 12.9. The second-order valence-electron chi connectivity index (χ2n) is 7.19. The van der Waals surface area contributed by atoms with Crippen LogP contribution in [-0.2, 0) is 17.8 Å². The Kier molecular flexibility index (Phi) is 5.70. The van der Waals surface area contributed by atoms with Crippen molar-refractivity contribution in [3.8, 4) is 11.4 Å². The van der Waals surface area contributed by atoms with Gasteiger partial charge in [0.15, 0.2) is 5.82 Å². The zero-order valence-electron chi connectivity index (χ0n) is 16.8. The van der Waals surface area contributed by atoms with Gasteiger partial charge in [0.2, 0.25) is 5.91 Å². The number of rotatable bonds is 5. The predicted molar refractivity (Wildman–Crippen MR) is 106 cm³/mol. The van der Waals surface area contributed by atoms with Crippen LogP contribution in [0.4, 0.5) is 5.82 Å². The van der Waals surface area contributed by atoms with Crippen molar-refractivity contribution in [3.05, 3.63) is 35.8 Å². The summed E-state index contributed by atoms with van der Waals surface area (Å²) in [6.07, 6.45) is 4.27. The van der Waals surface area contributed by atoms with Crippen molar-refractivity contribution in [2.24, 2.45) is 0 Å². The number of hydrogen-bond donors (Lipinski definition) is 0. The number of carbonyl (C=O) groups is 1. The topological polar surface area (TPSA) is 65.5 Å². The average Bonchev–Trinajstić information content (AvgIpc) is 2.71. The lowest BCUT2D eigenvalue weighted by molar-refractivity contribution is -0.136. The smallest absolute Gasteiger partial charge is 0.239 e. The molecule has 0 spiro atoms. The molecule has 0 saturated carbocycles. The Labute approximate surface area is 161 Å². The molecule has 0 saturated heterocycles. The molecular weight excluding hydrogens is 340 g/mol. The van der Waals surface area contributed by atoms with E-state index in [0.29, 0.717) is 18.9 Å². The highest BCUT2D eigenvalue weighted by molar-refractivity contribution is 5.82. The van der Waals surface area contributed by atoms with Crippen LogP contribution >= 0.6 is 0 Å². The normalized spacial score (nSPS) is 14.8. The van der Waals surface area contributed by atoms with Crippen molar-refractivity contribution >= 4 is 11.7 Å². The Morgan fingerprint density at radius 2 is 2.07 bits per heavy atom. The molecule has 0 radical (unpaired) electrons. The second-order valence-corrected chi connectivity index (χ2v) is 7.19. The second kappa shape index (κ2) is 8.00. The number of pyridine rings is 1. The zero-order chi connectivity index (χ0) is 19.6. The molecule has 1 aliphatic heterocycles. The van der Waals surface area contributed by atoms with Crippen LogP contribution in [0.1, 0.15) is 25.1 Å². The van der Waals surface area contributed by atoms with Crippen LogP contribution in [0, 0.1) is 0 Å². The fourth-order valence-electron chi connectivity index (χ4n) is 3.32. The third-order valence-electron chi connectivity index (χ3n) is 5.22. The van der Waals surface area contributed by atoms with Crippen molar-refractivity contribution in [1.29, 1.82) is 0 Å². The van der Waals surface area contributed by atoms with Gasteiger partial charge < -0.3 is 9.80 Å². The number of likely N-dealkylation sites (N-methyl/N-ethyl adjacent to an activating group) is 1. The third-order valence-corrected chi connectivity index (χ3v) is 5.22. The number of hydrogen-bond acceptors (Lipinski definition) is 6. The Balaban J connectivity index is 1.95. The molecule has 1 amide bonds. The van der Waals surface area contributed by atoms with Crippen LogP contribution in [-0.4, -0.2) is 70.9 Å². The summed E-state index contributed by atoms with van der Waals surface area (Å²) in [5, 5.41) is 0. The van der Waals surface area contributed by atoms with Crippen LogP contribution in [0.5, 0.6) is 0 Å². The molecule has 0 N–H and O–H groups in total. The Hall–Kier alpha value is -2.54. The van der Waals surface area contributed by atoms with Gasteiger partial charge in [-0.2, -0.15) is 0 Å². The molecule has 1 atom stereocenters. The molecule has 0 aliphatic carbocycles. The third kappa shape index (κ3) is 3.93. The minimum atomic E-state index is -0.135. The van der Waals surface area contributed by atoms with Crippen LogP contribution in [0.15, 0.2) is 24.5 Å². The van der Waals surface area contributed by atoms with Gasteiger partial charge in [-0.25, -0.2) is 9.97 Å².